The Kier molecular flexibility index (Phi) is 6.17. The number of aromatic carboxylic acids is 1. The molecule has 1 amide bonds. The standard InChI is InChI=1S/C22H29N3O3/c1-4-11-25-16(3)20(15(2)23-25)21(26)24-12-9-17(10-13-24)14-18-7-5-6-8-19(18)22(27)28/h5-8,17H,4,9-14H2,1-3H3,(H,27,28). The van der Waals surface area contributed by atoms with Crippen molar-refractivity contribution in [3.8, 4) is 0 Å². The third-order valence-electron chi connectivity index (χ3n) is 5.69. The molecule has 0 bridgehead atoms. The maximum absolute atomic E-state index is 13.1. The lowest BCUT2D eigenvalue weighted by Gasteiger charge is -2.32. The van der Waals surface area contributed by atoms with E-state index < -0.39 is 5.97 Å². The number of carboxylic acids is 1. The number of nitrogens with zero attached hydrogens (tertiary/aromatic N) is 3. The van der Waals surface area contributed by atoms with Crippen LogP contribution in [0.5, 0.6) is 0 Å². The number of amides is 1. The van der Waals surface area contributed by atoms with Crippen molar-refractivity contribution in [1.29, 1.82) is 0 Å². The average molecular weight is 383 g/mol. The number of carbonyl (C=O) groups is 2. The molecular weight excluding hydrogens is 354 g/mol. The molecule has 1 aromatic carbocycles. The van der Waals surface area contributed by atoms with Crippen LogP contribution in [0.2, 0.25) is 0 Å². The molecule has 6 nitrogen and oxygen atoms in total. The number of aryl methyl sites for hydroxylation is 2. The predicted molar refractivity (Wildman–Crippen MR) is 108 cm³/mol. The van der Waals surface area contributed by atoms with Gasteiger partial charge in [-0.2, -0.15) is 5.10 Å². The van der Waals surface area contributed by atoms with Gasteiger partial charge in [0.15, 0.2) is 0 Å². The zero-order valence-electron chi connectivity index (χ0n) is 16.9. The fraction of sp³-hybridized carbons (Fsp3) is 0.500. The SMILES string of the molecule is CCCn1nc(C)c(C(=O)N2CCC(Cc3ccccc3C(=O)O)CC2)c1C. The summed E-state index contributed by atoms with van der Waals surface area (Å²) in [5.41, 5.74) is 3.75. The highest BCUT2D eigenvalue weighted by Gasteiger charge is 2.28. The van der Waals surface area contributed by atoms with Gasteiger partial charge in [0.05, 0.1) is 16.8 Å². The van der Waals surface area contributed by atoms with Crippen molar-refractivity contribution < 1.29 is 14.7 Å². The molecule has 0 aliphatic carbocycles. The van der Waals surface area contributed by atoms with E-state index in [0.717, 1.165) is 54.7 Å². The minimum atomic E-state index is -0.877. The number of aromatic nitrogens is 2. The fourth-order valence-corrected chi connectivity index (χ4v) is 4.15. The number of benzene rings is 1. The minimum Gasteiger partial charge on any atom is -0.478 e. The van der Waals surface area contributed by atoms with Crippen LogP contribution in [0.1, 0.15) is 63.9 Å². The second-order valence-electron chi connectivity index (χ2n) is 7.67. The molecule has 28 heavy (non-hydrogen) atoms. The zero-order valence-corrected chi connectivity index (χ0v) is 16.9. The van der Waals surface area contributed by atoms with Crippen LogP contribution in [0.15, 0.2) is 24.3 Å². The monoisotopic (exact) mass is 383 g/mol. The molecule has 2 aromatic rings. The van der Waals surface area contributed by atoms with Crippen LogP contribution in [0.3, 0.4) is 0 Å². The van der Waals surface area contributed by atoms with E-state index in [4.69, 9.17) is 0 Å². The van der Waals surface area contributed by atoms with Gasteiger partial charge in [-0.1, -0.05) is 25.1 Å². The third kappa shape index (κ3) is 4.11. The van der Waals surface area contributed by atoms with E-state index in [-0.39, 0.29) is 5.91 Å². The Morgan fingerprint density at radius 2 is 1.86 bits per heavy atom. The van der Waals surface area contributed by atoms with E-state index in [2.05, 4.69) is 12.0 Å². The molecule has 1 aromatic heterocycles. The van der Waals surface area contributed by atoms with Gasteiger partial charge in [0.2, 0.25) is 0 Å². The topological polar surface area (TPSA) is 75.4 Å². The van der Waals surface area contributed by atoms with E-state index >= 15 is 0 Å². The molecule has 0 unspecified atom stereocenters. The first kappa shape index (κ1) is 20.1. The number of rotatable bonds is 6. The smallest absolute Gasteiger partial charge is 0.335 e. The summed E-state index contributed by atoms with van der Waals surface area (Å²) in [6.45, 7) is 8.21. The molecule has 1 aliphatic heterocycles. The molecule has 1 saturated heterocycles. The van der Waals surface area contributed by atoms with Crippen molar-refractivity contribution in [3.05, 3.63) is 52.3 Å². The summed E-state index contributed by atoms with van der Waals surface area (Å²) in [7, 11) is 0. The molecule has 0 saturated carbocycles. The van der Waals surface area contributed by atoms with Gasteiger partial charge < -0.3 is 10.0 Å². The Hall–Kier alpha value is -2.63. The number of hydrogen-bond acceptors (Lipinski definition) is 3. The highest BCUT2D eigenvalue weighted by molar-refractivity contribution is 5.96. The molecule has 0 atom stereocenters. The summed E-state index contributed by atoms with van der Waals surface area (Å²) in [6, 6.07) is 7.21. The fourth-order valence-electron chi connectivity index (χ4n) is 4.15. The Bertz CT molecular complexity index is 864. The number of carboxylic acid groups (broad SMARTS) is 1. The Labute approximate surface area is 166 Å². The normalized spacial score (nSPS) is 15.0. The van der Waals surface area contributed by atoms with Crippen LogP contribution in [-0.2, 0) is 13.0 Å². The van der Waals surface area contributed by atoms with Crippen molar-refractivity contribution in [2.24, 2.45) is 5.92 Å². The summed E-state index contributed by atoms with van der Waals surface area (Å²) in [4.78, 5) is 26.4. The van der Waals surface area contributed by atoms with E-state index in [1.165, 1.54) is 0 Å². The van der Waals surface area contributed by atoms with Crippen molar-refractivity contribution in [1.82, 2.24) is 14.7 Å². The molecule has 1 aliphatic rings. The molecule has 1 N–H and O–H groups in total. The largest absolute Gasteiger partial charge is 0.478 e. The molecule has 0 radical (unpaired) electrons. The zero-order chi connectivity index (χ0) is 20.3. The quantitative estimate of drug-likeness (QED) is 0.825. The van der Waals surface area contributed by atoms with Gasteiger partial charge in [0.25, 0.3) is 5.91 Å². The lowest BCUT2D eigenvalue weighted by Crippen LogP contribution is -2.39. The van der Waals surface area contributed by atoms with Crippen LogP contribution >= 0.6 is 0 Å². The third-order valence-corrected chi connectivity index (χ3v) is 5.69. The number of hydrogen-bond donors (Lipinski definition) is 1. The number of likely N-dealkylation sites (tertiary alicyclic amines) is 1. The van der Waals surface area contributed by atoms with E-state index in [1.54, 1.807) is 12.1 Å². The highest BCUT2D eigenvalue weighted by atomic mass is 16.4. The molecule has 3 rings (SSSR count). The Morgan fingerprint density at radius 1 is 1.18 bits per heavy atom. The minimum absolute atomic E-state index is 0.0711. The molecular formula is C22H29N3O3. The second-order valence-corrected chi connectivity index (χ2v) is 7.67. The number of carbonyl (C=O) groups excluding carboxylic acids is 1. The van der Waals surface area contributed by atoms with E-state index in [9.17, 15) is 14.7 Å². The van der Waals surface area contributed by atoms with Crippen LogP contribution in [0.25, 0.3) is 0 Å². The lowest BCUT2D eigenvalue weighted by molar-refractivity contribution is 0.0689. The summed E-state index contributed by atoms with van der Waals surface area (Å²) >= 11 is 0. The van der Waals surface area contributed by atoms with Gasteiger partial charge in [0, 0.05) is 25.3 Å². The van der Waals surface area contributed by atoms with Crippen molar-refractivity contribution in [2.75, 3.05) is 13.1 Å². The van der Waals surface area contributed by atoms with Gasteiger partial charge in [0.1, 0.15) is 0 Å². The maximum Gasteiger partial charge on any atom is 0.335 e. The van der Waals surface area contributed by atoms with Gasteiger partial charge in [-0.25, -0.2) is 4.79 Å². The van der Waals surface area contributed by atoms with E-state index in [0.29, 0.717) is 24.6 Å². The average Bonchev–Trinajstić information content (AvgIpc) is 2.96. The van der Waals surface area contributed by atoms with Crippen LogP contribution in [-0.4, -0.2) is 44.8 Å². The molecule has 1 fully saturated rings. The van der Waals surface area contributed by atoms with Gasteiger partial charge in [-0.3, -0.25) is 9.48 Å². The highest BCUT2D eigenvalue weighted by Crippen LogP contribution is 2.25. The van der Waals surface area contributed by atoms with Gasteiger partial charge >= 0.3 is 5.97 Å². The van der Waals surface area contributed by atoms with Crippen molar-refractivity contribution in [3.63, 3.8) is 0 Å². The Balaban J connectivity index is 1.65. The first-order valence-electron chi connectivity index (χ1n) is 10.1. The molecule has 2 heterocycles. The Morgan fingerprint density at radius 3 is 2.50 bits per heavy atom. The van der Waals surface area contributed by atoms with Gasteiger partial charge in [-0.05, 0) is 57.1 Å². The predicted octanol–water partition coefficient (Wildman–Crippen LogP) is 3.70. The lowest BCUT2D eigenvalue weighted by atomic mass is 9.88. The summed E-state index contributed by atoms with van der Waals surface area (Å²) in [5, 5.41) is 13.9. The summed E-state index contributed by atoms with van der Waals surface area (Å²) in [6.07, 6.45) is 3.51. The second kappa shape index (κ2) is 8.59. The first-order valence-corrected chi connectivity index (χ1v) is 10.1. The van der Waals surface area contributed by atoms with Crippen molar-refractivity contribution >= 4 is 11.9 Å². The molecule has 6 heteroatoms. The first-order chi connectivity index (χ1) is 13.4. The molecule has 0 spiro atoms. The van der Waals surface area contributed by atoms with Gasteiger partial charge in [-0.15, -0.1) is 0 Å². The number of piperidine rings is 1. The van der Waals surface area contributed by atoms with Crippen LogP contribution in [0, 0.1) is 19.8 Å². The van der Waals surface area contributed by atoms with Crippen molar-refractivity contribution in [2.45, 2.75) is 53.0 Å². The van der Waals surface area contributed by atoms with E-state index in [1.807, 2.05) is 35.6 Å². The molecule has 150 valence electrons. The maximum atomic E-state index is 13.1. The summed E-state index contributed by atoms with van der Waals surface area (Å²) < 4.78 is 1.93. The summed E-state index contributed by atoms with van der Waals surface area (Å²) in [5.74, 6) is -0.408. The van der Waals surface area contributed by atoms with Crippen LogP contribution < -0.4 is 0 Å². The van der Waals surface area contributed by atoms with Crippen LogP contribution in [0.4, 0.5) is 0 Å².